The number of carboxylic acids is 1. The second-order valence-electron chi connectivity index (χ2n) is 11.2. The third-order valence-electron chi connectivity index (χ3n) is 8.22. The van der Waals surface area contributed by atoms with Gasteiger partial charge in [0.25, 0.3) is 5.91 Å². The van der Waals surface area contributed by atoms with Gasteiger partial charge in [0.1, 0.15) is 5.52 Å². The van der Waals surface area contributed by atoms with Crippen molar-refractivity contribution in [2.24, 2.45) is 10.8 Å². The summed E-state index contributed by atoms with van der Waals surface area (Å²) in [5.74, 6) is -0.524. The first-order chi connectivity index (χ1) is 18.7. The van der Waals surface area contributed by atoms with Crippen LogP contribution in [0.2, 0.25) is 0 Å². The van der Waals surface area contributed by atoms with E-state index in [0.717, 1.165) is 17.5 Å². The molecule has 3 aromatic carbocycles. The number of hydrogen-bond acceptors (Lipinski definition) is 4. The van der Waals surface area contributed by atoms with Gasteiger partial charge in [0, 0.05) is 29.5 Å². The van der Waals surface area contributed by atoms with Gasteiger partial charge in [-0.15, -0.1) is 0 Å². The summed E-state index contributed by atoms with van der Waals surface area (Å²) in [5.41, 5.74) is 6.05. The van der Waals surface area contributed by atoms with E-state index in [-0.39, 0.29) is 22.3 Å². The second kappa shape index (κ2) is 9.09. The van der Waals surface area contributed by atoms with Crippen LogP contribution in [0.1, 0.15) is 53.5 Å². The summed E-state index contributed by atoms with van der Waals surface area (Å²) in [6, 6.07) is 22.2. The van der Waals surface area contributed by atoms with Gasteiger partial charge in [-0.05, 0) is 54.0 Å². The monoisotopic (exact) mass is 518 g/mol. The number of oxazole rings is 1. The number of fused-ring (bicyclic) bond motifs is 2. The predicted octanol–water partition coefficient (Wildman–Crippen LogP) is 7.10. The molecule has 0 radical (unpaired) electrons. The van der Waals surface area contributed by atoms with Gasteiger partial charge in [0.2, 0.25) is 5.89 Å². The van der Waals surface area contributed by atoms with Crippen LogP contribution in [0.4, 0.5) is 0 Å². The molecule has 1 N–H and O–H groups in total. The van der Waals surface area contributed by atoms with Gasteiger partial charge in [-0.2, -0.15) is 0 Å². The molecule has 1 atom stereocenters. The molecule has 0 fully saturated rings. The maximum atomic E-state index is 13.9. The first-order valence-corrected chi connectivity index (χ1v) is 13.2. The van der Waals surface area contributed by atoms with Crippen LogP contribution in [0.5, 0.6) is 0 Å². The molecule has 1 amide bonds. The summed E-state index contributed by atoms with van der Waals surface area (Å²) in [4.78, 5) is 31.8. The number of hydrogen-bond donors (Lipinski definition) is 1. The lowest BCUT2D eigenvalue weighted by Crippen LogP contribution is -2.48. The quantitative estimate of drug-likeness (QED) is 0.292. The Morgan fingerprint density at radius 1 is 0.923 bits per heavy atom. The standard InChI is InChI=1S/C33H30N2O4/c1-32(2)25(21-12-14-22(15-13-21)31(37)38)16-18-33(3)20-35(19-17-28(32)33)30(36)24-9-5-4-8-23(24)29-34-26-10-6-7-11-27(26)39-29/h4-17H,18-20H2,1-3H3,(H,37,38)/t33-/m1/s1. The number of carboxylic acid groups (broad SMARTS) is 1. The molecular formula is C33H30N2O4. The third kappa shape index (κ3) is 4.16. The molecule has 2 aliphatic rings. The maximum absolute atomic E-state index is 13.9. The lowest BCUT2D eigenvalue weighted by atomic mass is 9.58. The van der Waals surface area contributed by atoms with E-state index in [4.69, 9.17) is 4.42 Å². The fourth-order valence-corrected chi connectivity index (χ4v) is 6.37. The van der Waals surface area contributed by atoms with Crippen molar-refractivity contribution in [3.05, 3.63) is 107 Å². The second-order valence-corrected chi connectivity index (χ2v) is 11.2. The molecule has 0 unspecified atom stereocenters. The maximum Gasteiger partial charge on any atom is 0.335 e. The van der Waals surface area contributed by atoms with E-state index in [9.17, 15) is 14.7 Å². The number of aromatic carboxylic acids is 1. The van der Waals surface area contributed by atoms with Gasteiger partial charge in [0.05, 0.1) is 11.1 Å². The minimum atomic E-state index is -0.927. The molecule has 39 heavy (non-hydrogen) atoms. The predicted molar refractivity (Wildman–Crippen MR) is 151 cm³/mol. The molecule has 1 aromatic heterocycles. The average molecular weight is 519 g/mol. The Hall–Kier alpha value is -4.45. The van der Waals surface area contributed by atoms with Gasteiger partial charge in [-0.25, -0.2) is 9.78 Å². The van der Waals surface area contributed by atoms with Crippen LogP contribution >= 0.6 is 0 Å². The van der Waals surface area contributed by atoms with Gasteiger partial charge in [-0.3, -0.25) is 4.79 Å². The lowest BCUT2D eigenvalue weighted by molar-refractivity contribution is 0.0679. The summed E-state index contributed by atoms with van der Waals surface area (Å²) >= 11 is 0. The van der Waals surface area contributed by atoms with Crippen LogP contribution in [0.15, 0.2) is 94.9 Å². The van der Waals surface area contributed by atoms with Crippen LogP contribution in [-0.4, -0.2) is 40.0 Å². The van der Waals surface area contributed by atoms with E-state index in [1.165, 1.54) is 11.1 Å². The molecule has 0 saturated heterocycles. The van der Waals surface area contributed by atoms with Crippen molar-refractivity contribution in [2.45, 2.75) is 27.2 Å². The number of aromatic nitrogens is 1. The van der Waals surface area contributed by atoms with Crippen LogP contribution in [0, 0.1) is 10.8 Å². The van der Waals surface area contributed by atoms with Crippen LogP contribution < -0.4 is 0 Å². The molecule has 0 bridgehead atoms. The normalized spacial score (nSPS) is 20.2. The van der Waals surface area contributed by atoms with Crippen molar-refractivity contribution in [3.8, 4) is 11.5 Å². The minimum absolute atomic E-state index is 0.0405. The number of carbonyl (C=O) groups is 2. The zero-order valence-electron chi connectivity index (χ0n) is 22.3. The molecule has 1 aliphatic carbocycles. The fraction of sp³-hybridized carbons (Fsp3) is 0.242. The molecule has 6 heteroatoms. The highest BCUT2D eigenvalue weighted by Gasteiger charge is 2.46. The highest BCUT2D eigenvalue weighted by Crippen LogP contribution is 2.55. The largest absolute Gasteiger partial charge is 0.478 e. The molecule has 0 saturated carbocycles. The summed E-state index contributed by atoms with van der Waals surface area (Å²) < 4.78 is 6.01. The van der Waals surface area contributed by atoms with Crippen molar-refractivity contribution in [3.63, 3.8) is 0 Å². The van der Waals surface area contributed by atoms with Crippen LogP contribution in [0.3, 0.4) is 0 Å². The number of benzene rings is 3. The van der Waals surface area contributed by atoms with E-state index in [1.807, 2.05) is 65.6 Å². The summed E-state index contributed by atoms with van der Waals surface area (Å²) in [7, 11) is 0. The molecule has 0 spiro atoms. The number of nitrogens with zero attached hydrogens (tertiary/aromatic N) is 2. The molecule has 6 nitrogen and oxygen atoms in total. The summed E-state index contributed by atoms with van der Waals surface area (Å²) in [6.45, 7) is 7.78. The third-order valence-corrected chi connectivity index (χ3v) is 8.22. The number of para-hydroxylation sites is 2. The highest BCUT2D eigenvalue weighted by molar-refractivity contribution is 6.00. The van der Waals surface area contributed by atoms with Crippen molar-refractivity contribution in [1.82, 2.24) is 9.88 Å². The highest BCUT2D eigenvalue weighted by atomic mass is 16.4. The summed E-state index contributed by atoms with van der Waals surface area (Å²) in [6.07, 6.45) is 5.25. The van der Waals surface area contributed by atoms with E-state index in [1.54, 1.807) is 12.1 Å². The Morgan fingerprint density at radius 2 is 1.64 bits per heavy atom. The van der Waals surface area contributed by atoms with Crippen LogP contribution in [0.25, 0.3) is 28.1 Å². The summed E-state index contributed by atoms with van der Waals surface area (Å²) in [5, 5.41) is 9.28. The van der Waals surface area contributed by atoms with E-state index < -0.39 is 5.97 Å². The Bertz CT molecular complexity index is 1640. The zero-order valence-corrected chi connectivity index (χ0v) is 22.3. The van der Waals surface area contributed by atoms with Gasteiger partial charge in [-0.1, -0.05) is 74.9 Å². The van der Waals surface area contributed by atoms with E-state index in [2.05, 4.69) is 37.9 Å². The molecule has 196 valence electrons. The zero-order chi connectivity index (χ0) is 27.4. The smallest absolute Gasteiger partial charge is 0.335 e. The van der Waals surface area contributed by atoms with E-state index in [0.29, 0.717) is 35.7 Å². The average Bonchev–Trinajstić information content (AvgIpc) is 3.36. The Kier molecular flexibility index (Phi) is 5.79. The Morgan fingerprint density at radius 3 is 2.38 bits per heavy atom. The topological polar surface area (TPSA) is 83.6 Å². The first-order valence-electron chi connectivity index (χ1n) is 13.2. The van der Waals surface area contributed by atoms with Gasteiger partial charge >= 0.3 is 5.97 Å². The molecule has 2 heterocycles. The lowest BCUT2D eigenvalue weighted by Gasteiger charge is -2.50. The molecule has 4 aromatic rings. The van der Waals surface area contributed by atoms with Crippen molar-refractivity contribution < 1.29 is 19.1 Å². The van der Waals surface area contributed by atoms with E-state index >= 15 is 0 Å². The Balaban J connectivity index is 1.30. The number of allylic oxidation sites excluding steroid dienone is 2. The minimum Gasteiger partial charge on any atom is -0.478 e. The fourth-order valence-electron chi connectivity index (χ4n) is 6.37. The molecular weight excluding hydrogens is 488 g/mol. The molecule has 6 rings (SSSR count). The molecule has 1 aliphatic heterocycles. The number of rotatable bonds is 4. The van der Waals surface area contributed by atoms with Crippen LogP contribution in [-0.2, 0) is 0 Å². The van der Waals surface area contributed by atoms with Crippen molar-refractivity contribution >= 4 is 28.5 Å². The Labute approximate surface area is 227 Å². The van der Waals surface area contributed by atoms with Gasteiger partial charge in [0.15, 0.2) is 5.58 Å². The number of carbonyl (C=O) groups excluding carboxylic acids is 1. The first kappa shape index (κ1) is 24.9. The number of amides is 1. The SMILES string of the molecule is CC1(C)C(c2ccc(C(=O)O)cc2)=CC[C@]2(C)CN(C(=O)c3ccccc3-c3nc4ccccc4o3)CC=C12. The van der Waals surface area contributed by atoms with Crippen molar-refractivity contribution in [2.75, 3.05) is 13.1 Å². The van der Waals surface area contributed by atoms with Gasteiger partial charge < -0.3 is 14.4 Å². The van der Waals surface area contributed by atoms with Crippen molar-refractivity contribution in [1.29, 1.82) is 0 Å².